The zero-order chi connectivity index (χ0) is 16.8. The highest BCUT2D eigenvalue weighted by atomic mass is 35.5. The molecule has 0 saturated heterocycles. The Kier molecular flexibility index (Phi) is 6.02. The van der Waals surface area contributed by atoms with Crippen LogP contribution in [0.15, 0.2) is 42.5 Å². The van der Waals surface area contributed by atoms with E-state index in [1.165, 1.54) is 0 Å². The number of halogens is 2. The summed E-state index contributed by atoms with van der Waals surface area (Å²) in [6.45, 7) is 1.83. The molecule has 120 valence electrons. The number of aryl methyl sites for hydroxylation is 1. The van der Waals surface area contributed by atoms with Gasteiger partial charge in [0.2, 0.25) is 11.8 Å². The minimum Gasteiger partial charge on any atom is -0.347 e. The van der Waals surface area contributed by atoms with Crippen LogP contribution in [0.25, 0.3) is 0 Å². The first kappa shape index (κ1) is 17.3. The van der Waals surface area contributed by atoms with Crippen LogP contribution in [-0.2, 0) is 16.0 Å². The van der Waals surface area contributed by atoms with E-state index in [9.17, 15) is 9.59 Å². The second kappa shape index (κ2) is 7.99. The number of hydrogen-bond acceptors (Lipinski definition) is 2. The second-order valence-corrected chi connectivity index (χ2v) is 5.90. The molecule has 2 amide bonds. The Bertz CT molecular complexity index is 695. The highest BCUT2D eigenvalue weighted by Crippen LogP contribution is 2.29. The Morgan fingerprint density at radius 2 is 1.57 bits per heavy atom. The smallest absolute Gasteiger partial charge is 0.243 e. The van der Waals surface area contributed by atoms with Gasteiger partial charge >= 0.3 is 0 Å². The molecule has 0 radical (unpaired) electrons. The van der Waals surface area contributed by atoms with Crippen LogP contribution in [0, 0.1) is 6.92 Å². The van der Waals surface area contributed by atoms with Crippen LogP contribution in [0.5, 0.6) is 0 Å². The fourth-order valence-electron chi connectivity index (χ4n) is 1.93. The molecule has 0 aliphatic rings. The maximum absolute atomic E-state index is 11.9. The van der Waals surface area contributed by atoms with Crippen LogP contribution in [0.4, 0.5) is 5.69 Å². The minimum absolute atomic E-state index is 0.147. The Morgan fingerprint density at radius 1 is 0.957 bits per heavy atom. The van der Waals surface area contributed by atoms with Crippen molar-refractivity contribution >= 4 is 40.7 Å². The van der Waals surface area contributed by atoms with Crippen LogP contribution < -0.4 is 10.6 Å². The third-order valence-electron chi connectivity index (χ3n) is 3.16. The molecule has 0 aliphatic carbocycles. The number of rotatable bonds is 5. The summed E-state index contributed by atoms with van der Waals surface area (Å²) >= 11 is 11.9. The van der Waals surface area contributed by atoms with Gasteiger partial charge in [-0.3, -0.25) is 9.59 Å². The van der Waals surface area contributed by atoms with E-state index in [-0.39, 0.29) is 18.9 Å². The van der Waals surface area contributed by atoms with Gasteiger partial charge in [0.25, 0.3) is 0 Å². The number of anilines is 1. The van der Waals surface area contributed by atoms with E-state index in [0.29, 0.717) is 15.7 Å². The number of para-hydroxylation sites is 1. The van der Waals surface area contributed by atoms with Crippen LogP contribution >= 0.6 is 23.2 Å². The van der Waals surface area contributed by atoms with Crippen molar-refractivity contribution in [3.8, 4) is 0 Å². The molecule has 0 aromatic heterocycles. The summed E-state index contributed by atoms with van der Waals surface area (Å²) < 4.78 is 0. The quantitative estimate of drug-likeness (QED) is 0.865. The van der Waals surface area contributed by atoms with Gasteiger partial charge in [-0.25, -0.2) is 0 Å². The fraction of sp³-hybridized carbons (Fsp3) is 0.176. The van der Waals surface area contributed by atoms with Gasteiger partial charge in [0, 0.05) is 0 Å². The number of carbonyl (C=O) groups excluding carboxylic acids is 2. The lowest BCUT2D eigenvalue weighted by atomic mass is 10.1. The van der Waals surface area contributed by atoms with Crippen molar-refractivity contribution in [3.05, 3.63) is 63.6 Å². The highest BCUT2D eigenvalue weighted by molar-refractivity contribution is 6.39. The first-order valence-electron chi connectivity index (χ1n) is 7.02. The largest absolute Gasteiger partial charge is 0.347 e. The Morgan fingerprint density at radius 3 is 2.17 bits per heavy atom. The van der Waals surface area contributed by atoms with Crippen molar-refractivity contribution in [1.29, 1.82) is 0 Å². The number of carbonyl (C=O) groups is 2. The predicted octanol–water partition coefficient (Wildman–Crippen LogP) is 3.60. The topological polar surface area (TPSA) is 58.2 Å². The minimum atomic E-state index is -0.391. The Labute approximate surface area is 144 Å². The van der Waals surface area contributed by atoms with Gasteiger partial charge in [0.15, 0.2) is 0 Å². The second-order valence-electron chi connectivity index (χ2n) is 5.08. The summed E-state index contributed by atoms with van der Waals surface area (Å²) in [4.78, 5) is 23.7. The zero-order valence-corrected chi connectivity index (χ0v) is 14.0. The molecule has 0 bridgehead atoms. The molecule has 0 heterocycles. The average Bonchev–Trinajstić information content (AvgIpc) is 2.51. The maximum Gasteiger partial charge on any atom is 0.243 e. The highest BCUT2D eigenvalue weighted by Gasteiger charge is 2.11. The van der Waals surface area contributed by atoms with E-state index in [1.54, 1.807) is 18.2 Å². The Hall–Kier alpha value is -2.04. The third-order valence-corrected chi connectivity index (χ3v) is 3.79. The van der Waals surface area contributed by atoms with Crippen LogP contribution in [0.1, 0.15) is 11.1 Å². The third kappa shape index (κ3) is 5.27. The standard InChI is InChI=1S/C17H16Cl2N2O2/c1-11-5-7-12(8-6-11)9-15(22)20-10-16(23)21-17-13(18)3-2-4-14(17)19/h2-8H,9-10H2,1H3,(H,20,22)(H,21,23). The molecule has 23 heavy (non-hydrogen) atoms. The van der Waals surface area contributed by atoms with Crippen molar-refractivity contribution in [2.45, 2.75) is 13.3 Å². The van der Waals surface area contributed by atoms with E-state index in [2.05, 4.69) is 10.6 Å². The lowest BCUT2D eigenvalue weighted by Gasteiger charge is -2.10. The summed E-state index contributed by atoms with van der Waals surface area (Å²) in [6.07, 6.45) is 0.223. The van der Waals surface area contributed by atoms with Crippen LogP contribution in [0.3, 0.4) is 0 Å². The molecular weight excluding hydrogens is 335 g/mol. The van der Waals surface area contributed by atoms with Gasteiger partial charge < -0.3 is 10.6 Å². The first-order valence-corrected chi connectivity index (χ1v) is 7.77. The molecule has 2 aromatic rings. The van der Waals surface area contributed by atoms with Crippen molar-refractivity contribution in [1.82, 2.24) is 5.32 Å². The molecule has 0 saturated carbocycles. The monoisotopic (exact) mass is 350 g/mol. The first-order chi connectivity index (χ1) is 11.0. The van der Waals surface area contributed by atoms with Crippen LogP contribution in [-0.4, -0.2) is 18.4 Å². The summed E-state index contributed by atoms with van der Waals surface area (Å²) in [5, 5.41) is 5.84. The average molecular weight is 351 g/mol. The summed E-state index contributed by atoms with van der Waals surface area (Å²) in [6, 6.07) is 12.6. The summed E-state index contributed by atoms with van der Waals surface area (Å²) in [5.41, 5.74) is 2.36. The normalized spacial score (nSPS) is 10.2. The van der Waals surface area contributed by atoms with E-state index < -0.39 is 5.91 Å². The number of benzene rings is 2. The maximum atomic E-state index is 11.9. The van der Waals surface area contributed by atoms with Gasteiger partial charge in [-0.2, -0.15) is 0 Å². The number of hydrogen-bond donors (Lipinski definition) is 2. The van der Waals surface area contributed by atoms with Crippen LogP contribution in [0.2, 0.25) is 10.0 Å². The van der Waals surface area contributed by atoms with Crippen molar-refractivity contribution in [2.24, 2.45) is 0 Å². The number of amides is 2. The van der Waals surface area contributed by atoms with E-state index >= 15 is 0 Å². The Balaban J connectivity index is 1.84. The molecule has 4 nitrogen and oxygen atoms in total. The molecule has 0 aliphatic heterocycles. The summed E-state index contributed by atoms with van der Waals surface area (Å²) in [5.74, 6) is -0.619. The SMILES string of the molecule is Cc1ccc(CC(=O)NCC(=O)Nc2c(Cl)cccc2Cl)cc1. The van der Waals surface area contributed by atoms with Crippen molar-refractivity contribution in [2.75, 3.05) is 11.9 Å². The molecule has 0 atom stereocenters. The van der Waals surface area contributed by atoms with Crippen molar-refractivity contribution in [3.63, 3.8) is 0 Å². The van der Waals surface area contributed by atoms with Gasteiger partial charge in [0.05, 0.1) is 28.7 Å². The molecular formula is C17H16Cl2N2O2. The molecule has 0 spiro atoms. The lowest BCUT2D eigenvalue weighted by molar-refractivity contribution is -0.123. The molecule has 0 unspecified atom stereocenters. The summed E-state index contributed by atoms with van der Waals surface area (Å²) in [7, 11) is 0. The van der Waals surface area contributed by atoms with E-state index in [0.717, 1.165) is 11.1 Å². The molecule has 0 fully saturated rings. The fourth-order valence-corrected chi connectivity index (χ4v) is 2.43. The van der Waals surface area contributed by atoms with E-state index in [4.69, 9.17) is 23.2 Å². The van der Waals surface area contributed by atoms with Gasteiger partial charge in [0.1, 0.15) is 0 Å². The van der Waals surface area contributed by atoms with Gasteiger partial charge in [-0.05, 0) is 24.6 Å². The molecule has 2 rings (SSSR count). The molecule has 2 aromatic carbocycles. The number of nitrogens with one attached hydrogen (secondary N) is 2. The predicted molar refractivity (Wildman–Crippen MR) is 93.0 cm³/mol. The molecule has 6 heteroatoms. The van der Waals surface area contributed by atoms with E-state index in [1.807, 2.05) is 31.2 Å². The zero-order valence-electron chi connectivity index (χ0n) is 12.5. The lowest BCUT2D eigenvalue weighted by Crippen LogP contribution is -2.33. The molecule has 2 N–H and O–H groups in total. The van der Waals surface area contributed by atoms with Crippen molar-refractivity contribution < 1.29 is 9.59 Å². The van der Waals surface area contributed by atoms with Gasteiger partial charge in [-0.15, -0.1) is 0 Å². The van der Waals surface area contributed by atoms with Gasteiger partial charge in [-0.1, -0.05) is 59.1 Å².